The van der Waals surface area contributed by atoms with E-state index < -0.39 is 11.8 Å². The van der Waals surface area contributed by atoms with E-state index in [2.05, 4.69) is 20.7 Å². The number of benzene rings is 1. The number of thiophene rings is 1. The highest BCUT2D eigenvalue weighted by Gasteiger charge is 2.20. The Kier molecular flexibility index (Phi) is 3.35. The van der Waals surface area contributed by atoms with Crippen LogP contribution in [0.5, 0.6) is 5.75 Å². The van der Waals surface area contributed by atoms with Crippen molar-refractivity contribution in [2.24, 2.45) is 0 Å². The van der Waals surface area contributed by atoms with E-state index in [1.54, 1.807) is 6.07 Å². The fourth-order valence-corrected chi connectivity index (χ4v) is 3.49. The first-order valence-electron chi connectivity index (χ1n) is 4.63. The molecule has 0 fully saturated rings. The van der Waals surface area contributed by atoms with E-state index in [1.165, 1.54) is 20.3 Å². The maximum atomic E-state index is 13.5. The number of hydrogen-bond donors (Lipinski definition) is 0. The summed E-state index contributed by atoms with van der Waals surface area (Å²) in [7, 11) is 2.69. The van der Waals surface area contributed by atoms with Gasteiger partial charge < -0.3 is 9.47 Å². The molecule has 1 heterocycles. The molecule has 0 amide bonds. The molecule has 0 aliphatic rings. The Bertz CT molecular complexity index is 594. The van der Waals surface area contributed by atoms with Gasteiger partial charge in [0, 0.05) is 5.39 Å². The molecule has 0 atom stereocenters. The summed E-state index contributed by atoms with van der Waals surface area (Å²) in [5.41, 5.74) is 0. The second-order valence-electron chi connectivity index (χ2n) is 3.19. The molecular weight excluding hydrogens is 311 g/mol. The molecule has 1 aromatic carbocycles. The number of carbonyl (C=O) groups excluding carboxylic acids is 1. The monoisotopic (exact) mass is 318 g/mol. The van der Waals surface area contributed by atoms with Gasteiger partial charge in [-0.2, -0.15) is 0 Å². The van der Waals surface area contributed by atoms with Gasteiger partial charge in [-0.15, -0.1) is 11.3 Å². The van der Waals surface area contributed by atoms with Crippen LogP contribution in [-0.4, -0.2) is 20.2 Å². The molecule has 90 valence electrons. The highest BCUT2D eigenvalue weighted by Crippen LogP contribution is 2.41. The van der Waals surface area contributed by atoms with Crippen LogP contribution in [0.3, 0.4) is 0 Å². The zero-order valence-electron chi connectivity index (χ0n) is 9.04. The van der Waals surface area contributed by atoms with Crippen LogP contribution in [0.2, 0.25) is 0 Å². The van der Waals surface area contributed by atoms with Gasteiger partial charge in [0.25, 0.3) is 0 Å². The predicted molar refractivity (Wildman–Crippen MR) is 67.4 cm³/mol. The van der Waals surface area contributed by atoms with Gasteiger partial charge in [-0.1, -0.05) is 0 Å². The van der Waals surface area contributed by atoms with Crippen LogP contribution in [0.4, 0.5) is 4.39 Å². The third-order valence-electron chi connectivity index (χ3n) is 2.28. The number of ether oxygens (including phenoxy) is 2. The standard InChI is InChI=1S/C11H8BrFO3S/c1-15-8-6(13)4-3-5-7(12)10(11(14)16-2)17-9(5)8/h3-4H,1-2H3. The largest absolute Gasteiger partial charge is 0.492 e. The van der Waals surface area contributed by atoms with Gasteiger partial charge in [0.15, 0.2) is 11.6 Å². The topological polar surface area (TPSA) is 35.5 Å². The third-order valence-corrected chi connectivity index (χ3v) is 4.55. The summed E-state index contributed by atoms with van der Waals surface area (Å²) in [6.45, 7) is 0. The maximum absolute atomic E-state index is 13.5. The van der Waals surface area contributed by atoms with Crippen LogP contribution < -0.4 is 4.74 Å². The van der Waals surface area contributed by atoms with Crippen molar-refractivity contribution in [3.63, 3.8) is 0 Å². The van der Waals surface area contributed by atoms with Crippen LogP contribution in [-0.2, 0) is 4.74 Å². The fraction of sp³-hybridized carbons (Fsp3) is 0.182. The second kappa shape index (κ2) is 4.62. The summed E-state index contributed by atoms with van der Waals surface area (Å²) in [4.78, 5) is 11.9. The Morgan fingerprint density at radius 1 is 1.41 bits per heavy atom. The van der Waals surface area contributed by atoms with Gasteiger partial charge in [-0.3, -0.25) is 0 Å². The van der Waals surface area contributed by atoms with Crippen LogP contribution in [0.1, 0.15) is 9.67 Å². The minimum atomic E-state index is -0.458. The molecule has 0 N–H and O–H groups in total. The Balaban J connectivity index is 2.77. The van der Waals surface area contributed by atoms with E-state index in [0.717, 1.165) is 16.7 Å². The first-order valence-corrected chi connectivity index (χ1v) is 6.24. The zero-order chi connectivity index (χ0) is 12.6. The van der Waals surface area contributed by atoms with Crippen molar-refractivity contribution in [2.45, 2.75) is 0 Å². The molecule has 0 saturated carbocycles. The molecule has 0 radical (unpaired) electrons. The average Bonchev–Trinajstić information content (AvgIpc) is 2.66. The Labute approximate surface area is 109 Å². The summed E-state index contributed by atoms with van der Waals surface area (Å²) in [6.07, 6.45) is 0. The molecule has 2 aromatic rings. The van der Waals surface area contributed by atoms with Crippen molar-refractivity contribution in [3.05, 3.63) is 27.3 Å². The average molecular weight is 319 g/mol. The molecule has 0 saturated heterocycles. The number of fused-ring (bicyclic) bond motifs is 1. The van der Waals surface area contributed by atoms with E-state index in [1.807, 2.05) is 0 Å². The van der Waals surface area contributed by atoms with Gasteiger partial charge in [-0.05, 0) is 28.1 Å². The van der Waals surface area contributed by atoms with Gasteiger partial charge in [0.05, 0.1) is 23.4 Å². The van der Waals surface area contributed by atoms with Crippen molar-refractivity contribution in [1.82, 2.24) is 0 Å². The summed E-state index contributed by atoms with van der Waals surface area (Å²) >= 11 is 4.45. The van der Waals surface area contributed by atoms with E-state index in [-0.39, 0.29) is 5.75 Å². The smallest absolute Gasteiger partial charge is 0.349 e. The number of hydrogen-bond acceptors (Lipinski definition) is 4. The number of methoxy groups -OCH3 is 2. The summed E-state index contributed by atoms with van der Waals surface area (Å²) in [6, 6.07) is 2.90. The minimum absolute atomic E-state index is 0.142. The lowest BCUT2D eigenvalue weighted by Crippen LogP contribution is -1.98. The first kappa shape index (κ1) is 12.3. The van der Waals surface area contributed by atoms with E-state index >= 15 is 0 Å². The molecule has 0 unspecified atom stereocenters. The quantitative estimate of drug-likeness (QED) is 0.794. The summed E-state index contributed by atoms with van der Waals surface area (Å²) < 4.78 is 24.3. The number of carbonyl (C=O) groups is 1. The van der Waals surface area contributed by atoms with Crippen molar-refractivity contribution < 1.29 is 18.7 Å². The molecule has 3 nitrogen and oxygen atoms in total. The Morgan fingerprint density at radius 3 is 2.71 bits per heavy atom. The Hall–Kier alpha value is -1.14. The highest BCUT2D eigenvalue weighted by atomic mass is 79.9. The van der Waals surface area contributed by atoms with Crippen LogP contribution in [0.15, 0.2) is 16.6 Å². The van der Waals surface area contributed by atoms with Crippen molar-refractivity contribution in [1.29, 1.82) is 0 Å². The molecule has 0 spiro atoms. The zero-order valence-corrected chi connectivity index (χ0v) is 11.4. The second-order valence-corrected chi connectivity index (χ2v) is 5.01. The van der Waals surface area contributed by atoms with E-state index in [0.29, 0.717) is 14.0 Å². The van der Waals surface area contributed by atoms with Gasteiger partial charge in [0.2, 0.25) is 0 Å². The number of rotatable bonds is 2. The van der Waals surface area contributed by atoms with Gasteiger partial charge in [-0.25, -0.2) is 9.18 Å². The number of halogens is 2. The van der Waals surface area contributed by atoms with Gasteiger partial charge in [0.1, 0.15) is 4.88 Å². The summed E-state index contributed by atoms with van der Waals surface area (Å²) in [5.74, 6) is -0.769. The molecule has 0 aliphatic heterocycles. The molecule has 0 aliphatic carbocycles. The highest BCUT2D eigenvalue weighted by molar-refractivity contribution is 9.10. The molecule has 1 aromatic heterocycles. The lowest BCUT2D eigenvalue weighted by atomic mass is 10.2. The van der Waals surface area contributed by atoms with E-state index in [4.69, 9.17) is 4.74 Å². The fourth-order valence-electron chi connectivity index (χ4n) is 1.50. The molecule has 0 bridgehead atoms. The maximum Gasteiger partial charge on any atom is 0.349 e. The predicted octanol–water partition coefficient (Wildman–Crippen LogP) is 3.60. The number of esters is 1. The molecule has 17 heavy (non-hydrogen) atoms. The summed E-state index contributed by atoms with van der Waals surface area (Å²) in [5, 5.41) is 0.730. The molecule has 6 heteroatoms. The third kappa shape index (κ3) is 1.91. The van der Waals surface area contributed by atoms with Crippen molar-refractivity contribution in [3.8, 4) is 5.75 Å². The minimum Gasteiger partial charge on any atom is -0.492 e. The van der Waals surface area contributed by atoms with Crippen molar-refractivity contribution in [2.75, 3.05) is 14.2 Å². The Morgan fingerprint density at radius 2 is 2.12 bits per heavy atom. The molecular formula is C11H8BrFO3S. The molecule has 2 rings (SSSR count). The van der Waals surface area contributed by atoms with Crippen LogP contribution >= 0.6 is 27.3 Å². The normalized spacial score (nSPS) is 10.6. The van der Waals surface area contributed by atoms with Gasteiger partial charge >= 0.3 is 5.97 Å². The van der Waals surface area contributed by atoms with Crippen LogP contribution in [0.25, 0.3) is 10.1 Å². The SMILES string of the molecule is COC(=O)c1sc2c(OC)c(F)ccc2c1Br. The first-order chi connectivity index (χ1) is 8.10. The van der Waals surface area contributed by atoms with Crippen LogP contribution in [0, 0.1) is 5.82 Å². The van der Waals surface area contributed by atoms with E-state index in [9.17, 15) is 9.18 Å². The van der Waals surface area contributed by atoms with Crippen molar-refractivity contribution >= 4 is 43.3 Å². The lowest BCUT2D eigenvalue weighted by Gasteiger charge is -2.02. The lowest BCUT2D eigenvalue weighted by molar-refractivity contribution is 0.0605.